The summed E-state index contributed by atoms with van der Waals surface area (Å²) in [7, 11) is 0. The molecule has 2 saturated heterocycles. The summed E-state index contributed by atoms with van der Waals surface area (Å²) in [4.78, 5) is 12.0. The Morgan fingerprint density at radius 3 is 2.50 bits per heavy atom. The van der Waals surface area contributed by atoms with Crippen molar-refractivity contribution in [3.63, 3.8) is 0 Å². The van der Waals surface area contributed by atoms with Crippen molar-refractivity contribution in [2.75, 3.05) is 6.61 Å². The summed E-state index contributed by atoms with van der Waals surface area (Å²) >= 11 is 1.28. The van der Waals surface area contributed by atoms with Crippen LogP contribution in [0.25, 0.3) is 0 Å². The molecule has 4 unspecified atom stereocenters. The molecule has 0 aromatic rings. The van der Waals surface area contributed by atoms with Crippen molar-refractivity contribution >= 4 is 28.6 Å². The van der Waals surface area contributed by atoms with Crippen LogP contribution in [-0.2, 0) is 14.3 Å². The molecule has 0 aromatic heterocycles. The SMILES string of the molecule is CC(I)(C(=O)OC1CCOC(O)(C(F)(F)F)C1(F)F)C1N[I-]1. The number of aliphatic hydroxyl groups is 1. The molecule has 2 N–H and O–H groups in total. The third-order valence-corrected chi connectivity index (χ3v) is 8.02. The van der Waals surface area contributed by atoms with E-state index < -0.39 is 67.9 Å². The first-order valence-electron chi connectivity index (χ1n) is 5.93. The number of nitrogens with one attached hydrogen (secondary N) is 1. The topological polar surface area (TPSA) is 77.7 Å². The van der Waals surface area contributed by atoms with Crippen LogP contribution in [0.4, 0.5) is 22.0 Å². The van der Waals surface area contributed by atoms with E-state index in [1.165, 1.54) is 6.92 Å². The quantitative estimate of drug-likeness (QED) is 0.0826. The molecule has 5 nitrogen and oxygen atoms in total. The third kappa shape index (κ3) is 3.04. The van der Waals surface area contributed by atoms with Gasteiger partial charge in [-0.05, 0) is 0 Å². The molecule has 4 atom stereocenters. The molecule has 0 saturated carbocycles. The van der Waals surface area contributed by atoms with Crippen LogP contribution in [0.5, 0.6) is 0 Å². The molecule has 0 spiro atoms. The first kappa shape index (κ1) is 18.8. The summed E-state index contributed by atoms with van der Waals surface area (Å²) in [6.07, 6.45) is -8.78. The molecular formula is C10H11F5I2NO4-. The Hall–Kier alpha value is 0.460. The average molecular weight is 558 g/mol. The maximum absolute atomic E-state index is 14.0. The summed E-state index contributed by atoms with van der Waals surface area (Å²) < 4.78 is 76.2. The van der Waals surface area contributed by atoms with E-state index in [-0.39, 0.29) is 4.05 Å². The van der Waals surface area contributed by atoms with Crippen LogP contribution >= 0.6 is 22.6 Å². The number of carbonyl (C=O) groups excluding carboxylic acids is 1. The predicted octanol–water partition coefficient (Wildman–Crippen LogP) is -1.67. The third-order valence-electron chi connectivity index (χ3n) is 3.27. The Labute approximate surface area is 146 Å². The van der Waals surface area contributed by atoms with E-state index in [0.29, 0.717) is 0 Å². The van der Waals surface area contributed by atoms with Crippen molar-refractivity contribution in [2.45, 2.75) is 44.8 Å². The molecule has 2 fully saturated rings. The van der Waals surface area contributed by atoms with Crippen molar-refractivity contribution in [3.05, 3.63) is 0 Å². The van der Waals surface area contributed by atoms with Gasteiger partial charge in [0, 0.05) is 0 Å². The van der Waals surface area contributed by atoms with E-state index in [4.69, 9.17) is 0 Å². The molecule has 0 bridgehead atoms. The van der Waals surface area contributed by atoms with E-state index in [2.05, 4.69) is 13.0 Å². The standard InChI is InChI=1S/C10H11F5I2NO4/c1-7(16,5-17-18-5)6(19)22-4-2-3-21-9(20,8(4,11)12)10(13,14)15/h4-5,18,20H,2-3H2,1H3/q-1. The Kier molecular flexibility index (Phi) is 4.93. The van der Waals surface area contributed by atoms with Gasteiger partial charge in [-0.15, -0.1) is 0 Å². The van der Waals surface area contributed by atoms with Crippen LogP contribution in [-0.4, -0.2) is 49.1 Å². The van der Waals surface area contributed by atoms with Gasteiger partial charge in [0.1, 0.15) is 0 Å². The molecule has 2 aliphatic rings. The van der Waals surface area contributed by atoms with Crippen molar-refractivity contribution in [3.8, 4) is 0 Å². The molecule has 12 heteroatoms. The van der Waals surface area contributed by atoms with Gasteiger partial charge >= 0.3 is 146 Å². The summed E-state index contributed by atoms with van der Waals surface area (Å²) in [5.41, 5.74) is 0. The summed E-state index contributed by atoms with van der Waals surface area (Å²) in [5.74, 6) is -10.5. The van der Waals surface area contributed by atoms with Gasteiger partial charge in [-0.1, -0.05) is 0 Å². The molecule has 0 aromatic carbocycles. The van der Waals surface area contributed by atoms with Gasteiger partial charge in [-0.25, -0.2) is 0 Å². The number of hydrogen-bond donors (Lipinski definition) is 2. The molecule has 2 aliphatic heterocycles. The van der Waals surface area contributed by atoms with E-state index in [0.717, 1.165) is 0 Å². The zero-order valence-corrected chi connectivity index (χ0v) is 15.2. The number of halogens is 7. The first-order chi connectivity index (χ1) is 9.84. The van der Waals surface area contributed by atoms with Crippen LogP contribution < -0.4 is 25.0 Å². The average Bonchev–Trinajstić information content (AvgIpc) is 3.18. The fourth-order valence-corrected chi connectivity index (χ4v) is 5.11. The van der Waals surface area contributed by atoms with E-state index in [9.17, 15) is 31.9 Å². The van der Waals surface area contributed by atoms with E-state index in [1.807, 2.05) is 0 Å². The van der Waals surface area contributed by atoms with Crippen molar-refractivity contribution in [2.24, 2.45) is 0 Å². The van der Waals surface area contributed by atoms with E-state index >= 15 is 0 Å². The molecule has 130 valence electrons. The Morgan fingerprint density at radius 2 is 2.05 bits per heavy atom. The Bertz CT molecular complexity index is 471. The van der Waals surface area contributed by atoms with Crippen molar-refractivity contribution in [1.29, 1.82) is 0 Å². The fraction of sp³-hybridized carbons (Fsp3) is 0.900. The number of hydrogen-bond acceptors (Lipinski definition) is 5. The summed E-state index contributed by atoms with van der Waals surface area (Å²) in [6.45, 7) is 0.643. The summed E-state index contributed by atoms with van der Waals surface area (Å²) in [6, 6.07) is 0. The van der Waals surface area contributed by atoms with Crippen molar-refractivity contribution in [1.82, 2.24) is 3.53 Å². The second kappa shape index (κ2) is 5.77. The Morgan fingerprint density at radius 1 is 1.50 bits per heavy atom. The summed E-state index contributed by atoms with van der Waals surface area (Å²) in [5, 5.41) is 9.25. The molecular weight excluding hydrogens is 547 g/mol. The number of ether oxygens (including phenoxy) is 2. The van der Waals surface area contributed by atoms with Gasteiger partial charge in [-0.3, -0.25) is 0 Å². The zero-order chi connectivity index (χ0) is 17.0. The van der Waals surface area contributed by atoms with Gasteiger partial charge in [0.2, 0.25) is 0 Å². The number of alkyl halides is 7. The van der Waals surface area contributed by atoms with Crippen LogP contribution in [0.15, 0.2) is 0 Å². The fourth-order valence-electron chi connectivity index (χ4n) is 1.80. The van der Waals surface area contributed by atoms with E-state index in [1.54, 1.807) is 22.6 Å². The van der Waals surface area contributed by atoms with Gasteiger partial charge in [0.15, 0.2) is 0 Å². The van der Waals surface area contributed by atoms with Crippen LogP contribution in [0.1, 0.15) is 13.3 Å². The number of carbonyl (C=O) groups is 1. The van der Waals surface area contributed by atoms with Crippen LogP contribution in [0, 0.1) is 0 Å². The second-order valence-corrected chi connectivity index (χ2v) is 9.68. The molecule has 0 radical (unpaired) electrons. The van der Waals surface area contributed by atoms with Gasteiger partial charge in [-0.2, -0.15) is 0 Å². The van der Waals surface area contributed by atoms with Crippen LogP contribution in [0.2, 0.25) is 0 Å². The number of esters is 1. The molecule has 2 rings (SSSR count). The van der Waals surface area contributed by atoms with Crippen molar-refractivity contribution < 1.29 is 62.8 Å². The molecule has 22 heavy (non-hydrogen) atoms. The maximum atomic E-state index is 14.0. The molecule has 0 aliphatic carbocycles. The molecule has 2 heterocycles. The minimum absolute atomic E-state index is 0.186. The van der Waals surface area contributed by atoms with Gasteiger partial charge in [0.05, 0.1) is 0 Å². The normalized spacial score (nSPS) is 37.6. The second-order valence-electron chi connectivity index (χ2n) is 4.95. The first-order valence-corrected chi connectivity index (χ1v) is 9.33. The van der Waals surface area contributed by atoms with Gasteiger partial charge in [0.25, 0.3) is 0 Å². The molecule has 0 amide bonds. The zero-order valence-electron chi connectivity index (χ0n) is 10.9. The van der Waals surface area contributed by atoms with Crippen LogP contribution in [0.3, 0.4) is 0 Å². The van der Waals surface area contributed by atoms with Gasteiger partial charge < -0.3 is 0 Å². The number of rotatable bonds is 3. The predicted molar refractivity (Wildman–Crippen MR) is 65.7 cm³/mol. The Balaban J connectivity index is 2.19. The monoisotopic (exact) mass is 558 g/mol. The minimum atomic E-state index is -5.72.